The van der Waals surface area contributed by atoms with E-state index >= 15 is 0 Å². The van der Waals surface area contributed by atoms with Gasteiger partial charge in [0.1, 0.15) is 11.5 Å². The first-order valence-corrected chi connectivity index (χ1v) is 9.36. The smallest absolute Gasteiger partial charge is 0.272 e. The molecule has 2 aromatic rings. The van der Waals surface area contributed by atoms with Gasteiger partial charge in [-0.2, -0.15) is 0 Å². The number of nitrogens with zero attached hydrogens (tertiary/aromatic N) is 3. The lowest BCUT2D eigenvalue weighted by atomic mass is 9.94. The Balaban J connectivity index is 1.50. The van der Waals surface area contributed by atoms with Crippen molar-refractivity contribution in [2.24, 2.45) is 5.92 Å². The molecule has 0 N–H and O–H groups in total. The van der Waals surface area contributed by atoms with Crippen LogP contribution in [0.5, 0.6) is 0 Å². The zero-order chi connectivity index (χ0) is 18.1. The third-order valence-electron chi connectivity index (χ3n) is 5.39. The van der Waals surface area contributed by atoms with Crippen LogP contribution in [0.1, 0.15) is 28.9 Å². The van der Waals surface area contributed by atoms with E-state index in [4.69, 9.17) is 11.6 Å². The van der Waals surface area contributed by atoms with Gasteiger partial charge in [-0.1, -0.05) is 23.7 Å². The van der Waals surface area contributed by atoms with Crippen molar-refractivity contribution >= 4 is 17.5 Å². The second-order valence-corrected chi connectivity index (χ2v) is 7.59. The Morgan fingerprint density at radius 3 is 2.85 bits per heavy atom. The van der Waals surface area contributed by atoms with Crippen molar-refractivity contribution in [1.29, 1.82) is 0 Å². The molecule has 6 heteroatoms. The molecule has 3 fully saturated rings. The average molecular weight is 374 g/mol. The summed E-state index contributed by atoms with van der Waals surface area (Å²) in [5.74, 6) is 0.132. The average Bonchev–Trinajstić information content (AvgIpc) is 2.96. The van der Waals surface area contributed by atoms with Crippen molar-refractivity contribution < 1.29 is 9.18 Å². The van der Waals surface area contributed by atoms with E-state index in [9.17, 15) is 9.18 Å². The number of rotatable bonds is 3. The van der Waals surface area contributed by atoms with Gasteiger partial charge in [0.25, 0.3) is 5.91 Å². The third kappa shape index (κ3) is 3.60. The van der Waals surface area contributed by atoms with Gasteiger partial charge in [-0.25, -0.2) is 4.39 Å². The van der Waals surface area contributed by atoms with E-state index in [0.29, 0.717) is 35.8 Å². The van der Waals surface area contributed by atoms with E-state index in [1.165, 1.54) is 12.1 Å². The first-order valence-electron chi connectivity index (χ1n) is 8.98. The van der Waals surface area contributed by atoms with E-state index in [1.54, 1.807) is 18.3 Å². The molecule has 2 bridgehead atoms. The van der Waals surface area contributed by atoms with Gasteiger partial charge in [-0.05, 0) is 48.6 Å². The van der Waals surface area contributed by atoms with Crippen LogP contribution in [-0.4, -0.2) is 46.4 Å². The number of pyridine rings is 1. The minimum atomic E-state index is -0.316. The predicted octanol–water partition coefficient (Wildman–Crippen LogP) is 3.61. The Hall–Kier alpha value is -1.98. The van der Waals surface area contributed by atoms with Crippen molar-refractivity contribution in [3.63, 3.8) is 0 Å². The molecule has 3 aliphatic rings. The van der Waals surface area contributed by atoms with Gasteiger partial charge in [-0.3, -0.25) is 14.7 Å². The number of halogens is 2. The van der Waals surface area contributed by atoms with Gasteiger partial charge in [0.15, 0.2) is 0 Å². The minimum Gasteiger partial charge on any atom is -0.335 e. The van der Waals surface area contributed by atoms with Crippen LogP contribution in [0.2, 0.25) is 5.02 Å². The molecule has 2 atom stereocenters. The SMILES string of the molecule is O=C(c1ccccn1)N1C[C@H]2CC[C@@H](C1)N(Cc1ccc(F)cc1Cl)C2. The second-order valence-electron chi connectivity index (χ2n) is 7.19. The Morgan fingerprint density at radius 2 is 2.08 bits per heavy atom. The highest BCUT2D eigenvalue weighted by Crippen LogP contribution is 2.31. The molecule has 0 unspecified atom stereocenters. The van der Waals surface area contributed by atoms with Crippen LogP contribution < -0.4 is 0 Å². The monoisotopic (exact) mass is 373 g/mol. The number of fused-ring (bicyclic) bond motifs is 4. The molecule has 3 saturated heterocycles. The first kappa shape index (κ1) is 17.4. The van der Waals surface area contributed by atoms with E-state index in [2.05, 4.69) is 9.88 Å². The lowest BCUT2D eigenvalue weighted by Crippen LogP contribution is -2.44. The first-order chi connectivity index (χ1) is 12.6. The van der Waals surface area contributed by atoms with Crippen LogP contribution >= 0.6 is 11.6 Å². The fourth-order valence-corrected chi connectivity index (χ4v) is 4.29. The van der Waals surface area contributed by atoms with Gasteiger partial charge >= 0.3 is 0 Å². The normalized spacial score (nSPS) is 23.1. The molecule has 26 heavy (non-hydrogen) atoms. The summed E-state index contributed by atoms with van der Waals surface area (Å²) in [6.07, 6.45) is 3.85. The highest BCUT2D eigenvalue weighted by molar-refractivity contribution is 6.31. The fraction of sp³-hybridized carbons (Fsp3) is 0.400. The molecule has 3 aliphatic heterocycles. The molecule has 0 spiro atoms. The fourth-order valence-electron chi connectivity index (χ4n) is 4.06. The lowest BCUT2D eigenvalue weighted by Gasteiger charge is -2.36. The molecule has 0 saturated carbocycles. The summed E-state index contributed by atoms with van der Waals surface area (Å²) in [4.78, 5) is 21.3. The maximum Gasteiger partial charge on any atom is 0.272 e. The number of piperidine rings is 1. The number of aromatic nitrogens is 1. The van der Waals surface area contributed by atoms with Gasteiger partial charge in [-0.15, -0.1) is 0 Å². The summed E-state index contributed by atoms with van der Waals surface area (Å²) in [6.45, 7) is 3.08. The van der Waals surface area contributed by atoms with E-state index in [0.717, 1.165) is 31.5 Å². The molecule has 136 valence electrons. The molecule has 0 radical (unpaired) electrons. The van der Waals surface area contributed by atoms with Crippen LogP contribution in [0.15, 0.2) is 42.6 Å². The van der Waals surface area contributed by atoms with Crippen LogP contribution in [0.4, 0.5) is 4.39 Å². The minimum absolute atomic E-state index is 0.00386. The topological polar surface area (TPSA) is 36.4 Å². The van der Waals surface area contributed by atoms with Gasteiger partial charge < -0.3 is 4.90 Å². The highest BCUT2D eigenvalue weighted by atomic mass is 35.5. The maximum absolute atomic E-state index is 13.3. The third-order valence-corrected chi connectivity index (χ3v) is 5.74. The molecule has 1 amide bonds. The number of hydrogen-bond acceptors (Lipinski definition) is 3. The molecule has 4 nitrogen and oxygen atoms in total. The van der Waals surface area contributed by atoms with E-state index in [-0.39, 0.29) is 11.7 Å². The molecule has 1 aromatic carbocycles. The van der Waals surface area contributed by atoms with Gasteiger partial charge in [0.2, 0.25) is 0 Å². The van der Waals surface area contributed by atoms with E-state index < -0.39 is 0 Å². The largest absolute Gasteiger partial charge is 0.335 e. The zero-order valence-corrected chi connectivity index (χ0v) is 15.2. The molecule has 5 rings (SSSR count). The Bertz CT molecular complexity index is 801. The predicted molar refractivity (Wildman–Crippen MR) is 98.5 cm³/mol. The van der Waals surface area contributed by atoms with Crippen molar-refractivity contribution in [3.05, 3.63) is 64.7 Å². The molecule has 4 heterocycles. The van der Waals surface area contributed by atoms with Crippen LogP contribution in [0.3, 0.4) is 0 Å². The quantitative estimate of drug-likeness (QED) is 0.824. The standard InChI is InChI=1S/C20H21ClFN3O/c21-18-9-16(22)6-5-15(18)12-24-10-14-4-7-17(24)13-25(11-14)20(26)19-3-1-2-8-23-19/h1-3,5-6,8-9,14,17H,4,7,10-13H2/t14-,17-/m0/s1. The Kier molecular flexibility index (Phi) is 4.92. The van der Waals surface area contributed by atoms with Gasteiger partial charge in [0, 0.05) is 43.4 Å². The number of hydrogen-bond donors (Lipinski definition) is 0. The second kappa shape index (κ2) is 7.33. The summed E-state index contributed by atoms with van der Waals surface area (Å²) in [5, 5.41) is 0.464. The Labute approximate surface area is 157 Å². The number of carbonyl (C=O) groups excluding carboxylic acids is 1. The number of benzene rings is 1. The van der Waals surface area contributed by atoms with Crippen LogP contribution in [0.25, 0.3) is 0 Å². The summed E-state index contributed by atoms with van der Waals surface area (Å²) < 4.78 is 13.3. The van der Waals surface area contributed by atoms with Gasteiger partial charge in [0.05, 0.1) is 0 Å². The zero-order valence-electron chi connectivity index (χ0n) is 14.4. The summed E-state index contributed by atoms with van der Waals surface area (Å²) in [5.41, 5.74) is 1.44. The molecular weight excluding hydrogens is 353 g/mol. The number of amides is 1. The van der Waals surface area contributed by atoms with E-state index in [1.807, 2.05) is 17.0 Å². The lowest BCUT2D eigenvalue weighted by molar-refractivity contribution is 0.0730. The summed E-state index contributed by atoms with van der Waals surface area (Å²) in [6, 6.07) is 10.3. The molecule has 1 aromatic heterocycles. The molecule has 0 aliphatic carbocycles. The van der Waals surface area contributed by atoms with Crippen molar-refractivity contribution in [1.82, 2.24) is 14.8 Å². The van der Waals surface area contributed by atoms with Crippen molar-refractivity contribution in [2.75, 3.05) is 19.6 Å². The summed E-state index contributed by atoms with van der Waals surface area (Å²) >= 11 is 6.21. The van der Waals surface area contributed by atoms with Crippen LogP contribution in [0, 0.1) is 11.7 Å². The van der Waals surface area contributed by atoms with Crippen molar-refractivity contribution in [2.45, 2.75) is 25.4 Å². The van der Waals surface area contributed by atoms with Crippen molar-refractivity contribution in [3.8, 4) is 0 Å². The molecular formula is C20H21ClFN3O. The summed E-state index contributed by atoms with van der Waals surface area (Å²) in [7, 11) is 0. The maximum atomic E-state index is 13.3. The van der Waals surface area contributed by atoms with Crippen LogP contribution in [-0.2, 0) is 6.54 Å². The highest BCUT2D eigenvalue weighted by Gasteiger charge is 2.37. The number of carbonyl (C=O) groups is 1. The Morgan fingerprint density at radius 1 is 1.19 bits per heavy atom.